The molecule has 0 saturated heterocycles. The van der Waals surface area contributed by atoms with Gasteiger partial charge in [0, 0.05) is 17.1 Å². The monoisotopic (exact) mass is 470 g/mol. The highest BCUT2D eigenvalue weighted by atomic mass is 35.5. The summed E-state index contributed by atoms with van der Waals surface area (Å²) in [5.74, 6) is -0.103. The lowest BCUT2D eigenvalue weighted by Crippen LogP contribution is -2.43. The Morgan fingerprint density at radius 3 is 2.28 bits per heavy atom. The standard InChI is InChI=1S/C24H23ClN2O4S/c25-21-11-9-19(10-12-21)18-7-5-17(6-8-18)14-16-32(29,30)27-15-13-20-3-1-2-4-22(20)23(27)31-24(26)28/h1-12,23H,13-16H2,(H2,26,28). The number of hydrogen-bond donors (Lipinski definition) is 1. The van der Waals surface area contributed by atoms with Gasteiger partial charge in [0.05, 0.1) is 5.75 Å². The molecule has 1 amide bonds. The molecule has 0 radical (unpaired) electrons. The number of benzene rings is 3. The van der Waals surface area contributed by atoms with Crippen LogP contribution < -0.4 is 5.73 Å². The number of rotatable bonds is 6. The Morgan fingerprint density at radius 2 is 1.62 bits per heavy atom. The molecule has 0 saturated carbocycles. The van der Waals surface area contributed by atoms with E-state index in [2.05, 4.69) is 0 Å². The molecule has 1 aliphatic rings. The molecule has 8 heteroatoms. The summed E-state index contributed by atoms with van der Waals surface area (Å²) in [5.41, 5.74) is 9.78. The van der Waals surface area contributed by atoms with Gasteiger partial charge in [-0.15, -0.1) is 0 Å². The average Bonchev–Trinajstić information content (AvgIpc) is 2.78. The lowest BCUT2D eigenvalue weighted by atomic mass is 10.00. The van der Waals surface area contributed by atoms with Crippen LogP contribution >= 0.6 is 11.6 Å². The lowest BCUT2D eigenvalue weighted by Gasteiger charge is -2.35. The van der Waals surface area contributed by atoms with Crippen molar-refractivity contribution in [2.24, 2.45) is 5.73 Å². The fraction of sp³-hybridized carbons (Fsp3) is 0.208. The first-order valence-corrected chi connectivity index (χ1v) is 12.2. The number of hydrogen-bond acceptors (Lipinski definition) is 4. The number of primary amides is 1. The van der Waals surface area contributed by atoms with E-state index in [4.69, 9.17) is 22.1 Å². The van der Waals surface area contributed by atoms with Gasteiger partial charge in [0.1, 0.15) is 0 Å². The van der Waals surface area contributed by atoms with Crippen LogP contribution in [-0.2, 0) is 27.6 Å². The zero-order chi connectivity index (χ0) is 22.7. The number of carbonyl (C=O) groups excluding carboxylic acids is 1. The predicted octanol–water partition coefficient (Wildman–Crippen LogP) is 4.53. The summed E-state index contributed by atoms with van der Waals surface area (Å²) in [4.78, 5) is 11.5. The van der Waals surface area contributed by atoms with Crippen molar-refractivity contribution in [2.75, 3.05) is 12.3 Å². The molecule has 0 fully saturated rings. The van der Waals surface area contributed by atoms with Crippen molar-refractivity contribution in [3.63, 3.8) is 0 Å². The van der Waals surface area contributed by atoms with Crippen LogP contribution in [0.4, 0.5) is 4.79 Å². The van der Waals surface area contributed by atoms with E-state index in [0.29, 0.717) is 23.4 Å². The summed E-state index contributed by atoms with van der Waals surface area (Å²) in [7, 11) is -3.70. The molecule has 3 aromatic rings. The van der Waals surface area contributed by atoms with Crippen molar-refractivity contribution >= 4 is 27.7 Å². The van der Waals surface area contributed by atoms with Gasteiger partial charge < -0.3 is 10.5 Å². The van der Waals surface area contributed by atoms with Crippen molar-refractivity contribution in [1.29, 1.82) is 0 Å². The van der Waals surface area contributed by atoms with Crippen LogP contribution in [0.2, 0.25) is 5.02 Å². The van der Waals surface area contributed by atoms with Gasteiger partial charge in [-0.1, -0.05) is 72.3 Å². The third kappa shape index (κ3) is 4.96. The van der Waals surface area contributed by atoms with E-state index in [1.807, 2.05) is 60.7 Å². The summed E-state index contributed by atoms with van der Waals surface area (Å²) < 4.78 is 32.8. The van der Waals surface area contributed by atoms with Crippen LogP contribution in [0, 0.1) is 0 Å². The van der Waals surface area contributed by atoms with Gasteiger partial charge in [0.15, 0.2) is 6.23 Å². The smallest absolute Gasteiger partial charge is 0.406 e. The van der Waals surface area contributed by atoms with Crippen LogP contribution in [-0.4, -0.2) is 31.1 Å². The highest BCUT2D eigenvalue weighted by molar-refractivity contribution is 7.89. The molecule has 1 atom stereocenters. The van der Waals surface area contributed by atoms with Gasteiger partial charge in [-0.3, -0.25) is 0 Å². The van der Waals surface area contributed by atoms with E-state index in [-0.39, 0.29) is 12.3 Å². The average molecular weight is 471 g/mol. The minimum absolute atomic E-state index is 0.103. The predicted molar refractivity (Wildman–Crippen MR) is 125 cm³/mol. The minimum Gasteiger partial charge on any atom is -0.425 e. The van der Waals surface area contributed by atoms with Gasteiger partial charge in [-0.25, -0.2) is 13.2 Å². The molecular weight excluding hydrogens is 448 g/mol. The number of amides is 1. The molecule has 0 aromatic heterocycles. The van der Waals surface area contributed by atoms with Crippen molar-refractivity contribution in [2.45, 2.75) is 19.1 Å². The Bertz CT molecular complexity index is 1210. The zero-order valence-electron chi connectivity index (χ0n) is 17.3. The van der Waals surface area contributed by atoms with Crippen molar-refractivity contribution in [3.05, 3.63) is 94.5 Å². The number of sulfonamides is 1. The van der Waals surface area contributed by atoms with Gasteiger partial charge in [-0.05, 0) is 47.2 Å². The SMILES string of the molecule is NC(=O)OC1c2ccccc2CCN1S(=O)(=O)CCc1ccc(-c2ccc(Cl)cc2)cc1. The van der Waals surface area contributed by atoms with E-state index in [1.54, 1.807) is 12.1 Å². The second-order valence-corrected chi connectivity index (χ2v) is 10.1. The van der Waals surface area contributed by atoms with Crippen LogP contribution in [0.1, 0.15) is 22.9 Å². The number of halogens is 1. The highest BCUT2D eigenvalue weighted by Gasteiger charge is 2.37. The van der Waals surface area contributed by atoms with Crippen LogP contribution in [0.25, 0.3) is 11.1 Å². The van der Waals surface area contributed by atoms with Gasteiger partial charge in [-0.2, -0.15) is 4.31 Å². The van der Waals surface area contributed by atoms with Crippen molar-refractivity contribution < 1.29 is 17.9 Å². The molecule has 0 bridgehead atoms. The van der Waals surface area contributed by atoms with E-state index in [1.165, 1.54) is 4.31 Å². The first kappa shape index (κ1) is 22.3. The third-order valence-electron chi connectivity index (χ3n) is 5.55. The molecular formula is C24H23ClN2O4S. The topological polar surface area (TPSA) is 89.7 Å². The largest absolute Gasteiger partial charge is 0.425 e. The molecule has 166 valence electrons. The Kier molecular flexibility index (Phi) is 6.50. The van der Waals surface area contributed by atoms with E-state index in [9.17, 15) is 13.2 Å². The molecule has 1 aliphatic heterocycles. The number of nitrogens with zero attached hydrogens (tertiary/aromatic N) is 1. The quantitative estimate of drug-likeness (QED) is 0.573. The second kappa shape index (κ2) is 9.32. The van der Waals surface area contributed by atoms with Crippen LogP contribution in [0.15, 0.2) is 72.8 Å². The van der Waals surface area contributed by atoms with Gasteiger partial charge >= 0.3 is 6.09 Å². The minimum atomic E-state index is -3.70. The van der Waals surface area contributed by atoms with Gasteiger partial charge in [0.25, 0.3) is 0 Å². The van der Waals surface area contributed by atoms with Crippen molar-refractivity contribution in [1.82, 2.24) is 4.31 Å². The van der Waals surface area contributed by atoms with E-state index >= 15 is 0 Å². The summed E-state index contributed by atoms with van der Waals surface area (Å²) in [6.07, 6.45) is -1.17. The molecule has 2 N–H and O–H groups in total. The van der Waals surface area contributed by atoms with Crippen LogP contribution in [0.3, 0.4) is 0 Å². The number of fused-ring (bicyclic) bond motifs is 1. The highest BCUT2D eigenvalue weighted by Crippen LogP contribution is 2.33. The first-order chi connectivity index (χ1) is 15.3. The second-order valence-electron chi connectivity index (χ2n) is 7.62. The molecule has 1 heterocycles. The fourth-order valence-corrected chi connectivity index (χ4v) is 5.57. The summed E-state index contributed by atoms with van der Waals surface area (Å²) in [6.45, 7) is 0.229. The van der Waals surface area contributed by atoms with Gasteiger partial charge in [0.2, 0.25) is 10.0 Å². The lowest BCUT2D eigenvalue weighted by molar-refractivity contribution is 0.0295. The third-order valence-corrected chi connectivity index (χ3v) is 7.61. The molecule has 6 nitrogen and oxygen atoms in total. The number of aryl methyl sites for hydroxylation is 1. The molecule has 32 heavy (non-hydrogen) atoms. The first-order valence-electron chi connectivity index (χ1n) is 10.2. The summed E-state index contributed by atoms with van der Waals surface area (Å²) in [5, 5.41) is 0.675. The Balaban J connectivity index is 1.49. The molecule has 3 aromatic carbocycles. The zero-order valence-corrected chi connectivity index (χ0v) is 18.9. The molecule has 1 unspecified atom stereocenters. The van der Waals surface area contributed by atoms with Crippen molar-refractivity contribution in [3.8, 4) is 11.1 Å². The Morgan fingerprint density at radius 1 is 1.00 bits per heavy atom. The molecule has 0 aliphatic carbocycles. The number of carbonyl (C=O) groups is 1. The normalized spacial score (nSPS) is 16.3. The molecule has 0 spiro atoms. The fourth-order valence-electron chi connectivity index (χ4n) is 3.89. The maximum Gasteiger partial charge on any atom is 0.406 e. The maximum atomic E-state index is 13.2. The summed E-state index contributed by atoms with van der Waals surface area (Å²) >= 11 is 5.94. The molecule has 4 rings (SSSR count). The number of nitrogens with two attached hydrogens (primary N) is 1. The Hall–Kier alpha value is -2.87. The Labute approximate surface area is 192 Å². The number of ether oxygens (including phenoxy) is 1. The summed E-state index contributed by atoms with van der Waals surface area (Å²) in [6, 6.07) is 22.6. The van der Waals surface area contributed by atoms with E-state index in [0.717, 1.165) is 22.3 Å². The van der Waals surface area contributed by atoms with E-state index < -0.39 is 22.3 Å². The maximum absolute atomic E-state index is 13.2. The van der Waals surface area contributed by atoms with Crippen LogP contribution in [0.5, 0.6) is 0 Å².